The highest BCUT2D eigenvalue weighted by molar-refractivity contribution is 7.86. The number of hydrogen-bond acceptors (Lipinski definition) is 3. The maximum absolute atomic E-state index is 11.2. The molecule has 0 aliphatic carbocycles. The van der Waals surface area contributed by atoms with Crippen molar-refractivity contribution >= 4 is 10.1 Å². The Morgan fingerprint density at radius 3 is 1.76 bits per heavy atom. The topological polar surface area (TPSA) is 74.6 Å². The second-order valence-electron chi connectivity index (χ2n) is 6.92. The van der Waals surface area contributed by atoms with Gasteiger partial charge >= 0.3 is 0 Å². The van der Waals surface area contributed by atoms with E-state index in [-0.39, 0.29) is 0 Å². The van der Waals surface area contributed by atoms with Gasteiger partial charge in [-0.05, 0) is 30.5 Å². The molecule has 4 nitrogen and oxygen atoms in total. The van der Waals surface area contributed by atoms with Crippen molar-refractivity contribution in [2.75, 3.05) is 0 Å². The van der Waals surface area contributed by atoms with Gasteiger partial charge in [0.1, 0.15) is 10.6 Å². The zero-order chi connectivity index (χ0) is 18.5. The molecule has 5 heteroatoms. The normalized spacial score (nSPS) is 11.8. The Morgan fingerprint density at radius 1 is 0.800 bits per heavy atom. The molecule has 0 aliphatic heterocycles. The average Bonchev–Trinajstić information content (AvgIpc) is 2.56. The summed E-state index contributed by atoms with van der Waals surface area (Å²) in [5.41, 5.74) is 0.831. The van der Waals surface area contributed by atoms with Crippen LogP contribution in [0.25, 0.3) is 0 Å². The van der Waals surface area contributed by atoms with E-state index in [2.05, 4.69) is 6.92 Å². The van der Waals surface area contributed by atoms with Crippen LogP contribution in [-0.2, 0) is 16.5 Å². The molecule has 0 saturated heterocycles. The average molecular weight is 371 g/mol. The van der Waals surface area contributed by atoms with Crippen LogP contribution in [0.1, 0.15) is 89.5 Å². The molecule has 0 bridgehead atoms. The van der Waals surface area contributed by atoms with Gasteiger partial charge < -0.3 is 5.11 Å². The molecule has 0 amide bonds. The molecule has 0 spiro atoms. The van der Waals surface area contributed by atoms with E-state index in [4.69, 9.17) is 4.55 Å². The predicted molar refractivity (Wildman–Crippen MR) is 103 cm³/mol. The molecule has 0 heterocycles. The third-order valence-electron chi connectivity index (χ3n) is 4.62. The molecule has 0 unspecified atom stereocenters. The Balaban J connectivity index is 2.09. The van der Waals surface area contributed by atoms with Gasteiger partial charge in [-0.2, -0.15) is 8.42 Å². The number of aryl methyl sites for hydroxylation is 1. The summed E-state index contributed by atoms with van der Waals surface area (Å²) in [5, 5.41) is 9.50. The molecule has 0 saturated carbocycles. The van der Waals surface area contributed by atoms with Crippen LogP contribution in [0, 0.1) is 0 Å². The van der Waals surface area contributed by atoms with Crippen molar-refractivity contribution in [1.29, 1.82) is 0 Å². The molecule has 0 radical (unpaired) electrons. The van der Waals surface area contributed by atoms with Gasteiger partial charge in [-0.1, -0.05) is 83.6 Å². The van der Waals surface area contributed by atoms with Crippen molar-refractivity contribution < 1.29 is 18.1 Å². The summed E-state index contributed by atoms with van der Waals surface area (Å²) >= 11 is 0. The van der Waals surface area contributed by atoms with E-state index in [9.17, 15) is 13.5 Å². The van der Waals surface area contributed by atoms with Gasteiger partial charge in [0.15, 0.2) is 0 Å². The minimum absolute atomic E-state index is 0.399. The van der Waals surface area contributed by atoms with E-state index in [1.165, 1.54) is 76.3 Å². The first-order valence-electron chi connectivity index (χ1n) is 9.74. The maximum atomic E-state index is 11.2. The van der Waals surface area contributed by atoms with Gasteiger partial charge in [0.05, 0.1) is 0 Å². The predicted octanol–water partition coefficient (Wildman–Crippen LogP) is 5.88. The molecule has 1 aromatic carbocycles. The van der Waals surface area contributed by atoms with E-state index in [0.29, 0.717) is 0 Å². The fourth-order valence-electron chi connectivity index (χ4n) is 3.09. The molecular formula is C20H34O4S. The maximum Gasteiger partial charge on any atom is 0.298 e. The lowest BCUT2D eigenvalue weighted by Crippen LogP contribution is -2.00. The van der Waals surface area contributed by atoms with E-state index < -0.39 is 20.8 Å². The van der Waals surface area contributed by atoms with Gasteiger partial charge in [-0.15, -0.1) is 0 Å². The Hall–Kier alpha value is -1.07. The van der Waals surface area contributed by atoms with Crippen molar-refractivity contribution in [3.63, 3.8) is 0 Å². The van der Waals surface area contributed by atoms with Crippen molar-refractivity contribution in [1.82, 2.24) is 0 Å². The third-order valence-corrected chi connectivity index (χ3v) is 5.50. The fraction of sp³-hybridized carbons (Fsp3) is 0.700. The van der Waals surface area contributed by atoms with E-state index >= 15 is 0 Å². The molecule has 0 aromatic heterocycles. The summed E-state index contributed by atoms with van der Waals surface area (Å²) in [6.07, 6.45) is 16.2. The SMILES string of the molecule is CCCCCCCCCCCCCCc1ccc(O)c(S(=O)(=O)O)c1. The van der Waals surface area contributed by atoms with Crippen LogP contribution in [0.4, 0.5) is 0 Å². The molecule has 2 N–H and O–H groups in total. The molecule has 0 atom stereocenters. The standard InChI is InChI=1S/C20H34O4S/c1-2-3-4-5-6-7-8-9-10-11-12-13-14-18-15-16-19(21)20(17-18)25(22,23)24/h15-17,21H,2-14H2,1H3,(H,22,23,24). The van der Waals surface area contributed by atoms with Crippen LogP contribution >= 0.6 is 0 Å². The minimum atomic E-state index is -4.36. The first-order valence-corrected chi connectivity index (χ1v) is 11.2. The highest BCUT2D eigenvalue weighted by Crippen LogP contribution is 2.24. The lowest BCUT2D eigenvalue weighted by Gasteiger charge is -2.06. The van der Waals surface area contributed by atoms with Crippen LogP contribution in [-0.4, -0.2) is 18.1 Å². The minimum Gasteiger partial charge on any atom is -0.506 e. The molecule has 1 rings (SSSR count). The first-order chi connectivity index (χ1) is 11.9. The molecule has 1 aromatic rings. The Kier molecular flexibility index (Phi) is 10.8. The summed E-state index contributed by atoms with van der Waals surface area (Å²) in [5.74, 6) is -0.402. The molecular weight excluding hydrogens is 336 g/mol. The van der Waals surface area contributed by atoms with Crippen LogP contribution in [0.15, 0.2) is 23.1 Å². The van der Waals surface area contributed by atoms with Crippen LogP contribution < -0.4 is 0 Å². The summed E-state index contributed by atoms with van der Waals surface area (Å²) in [6, 6.07) is 4.41. The number of hydrogen-bond donors (Lipinski definition) is 2. The Labute approximate surface area is 153 Å². The van der Waals surface area contributed by atoms with Crippen LogP contribution in [0.3, 0.4) is 0 Å². The number of aromatic hydroxyl groups is 1. The highest BCUT2D eigenvalue weighted by atomic mass is 32.2. The lowest BCUT2D eigenvalue weighted by molar-refractivity contribution is 0.442. The van der Waals surface area contributed by atoms with Gasteiger partial charge in [0.25, 0.3) is 10.1 Å². The second kappa shape index (κ2) is 12.3. The van der Waals surface area contributed by atoms with Crippen molar-refractivity contribution in [3.05, 3.63) is 23.8 Å². The Morgan fingerprint density at radius 2 is 1.28 bits per heavy atom. The monoisotopic (exact) mass is 370 g/mol. The van der Waals surface area contributed by atoms with Crippen molar-refractivity contribution in [2.45, 2.75) is 95.3 Å². The fourth-order valence-corrected chi connectivity index (χ4v) is 3.72. The number of unbranched alkanes of at least 4 members (excludes halogenated alkanes) is 11. The van der Waals surface area contributed by atoms with Crippen LogP contribution in [0.5, 0.6) is 5.75 Å². The van der Waals surface area contributed by atoms with E-state index in [1.807, 2.05) is 0 Å². The number of rotatable bonds is 14. The smallest absolute Gasteiger partial charge is 0.298 e. The van der Waals surface area contributed by atoms with Crippen molar-refractivity contribution in [2.24, 2.45) is 0 Å². The summed E-state index contributed by atoms with van der Waals surface area (Å²) in [7, 11) is -4.36. The Bertz CT molecular complexity index is 581. The number of benzene rings is 1. The van der Waals surface area contributed by atoms with Gasteiger partial charge in [-0.3, -0.25) is 4.55 Å². The van der Waals surface area contributed by atoms with Gasteiger partial charge in [-0.25, -0.2) is 0 Å². The second-order valence-corrected chi connectivity index (χ2v) is 8.31. The van der Waals surface area contributed by atoms with E-state index in [1.54, 1.807) is 6.07 Å². The summed E-state index contributed by atoms with van der Waals surface area (Å²) < 4.78 is 31.4. The largest absolute Gasteiger partial charge is 0.506 e. The zero-order valence-electron chi connectivity index (χ0n) is 15.5. The van der Waals surface area contributed by atoms with Crippen LogP contribution in [0.2, 0.25) is 0 Å². The number of phenolic OH excluding ortho intramolecular Hbond substituents is 1. The van der Waals surface area contributed by atoms with Crippen molar-refractivity contribution in [3.8, 4) is 5.75 Å². The van der Waals surface area contributed by atoms with Gasteiger partial charge in [0, 0.05) is 0 Å². The quantitative estimate of drug-likeness (QED) is 0.317. The third kappa shape index (κ3) is 9.85. The summed E-state index contributed by atoms with van der Waals surface area (Å²) in [6.45, 7) is 2.25. The summed E-state index contributed by atoms with van der Waals surface area (Å²) in [4.78, 5) is -0.399. The molecule has 0 fully saturated rings. The number of phenols is 1. The van der Waals surface area contributed by atoms with E-state index in [0.717, 1.165) is 24.8 Å². The van der Waals surface area contributed by atoms with Gasteiger partial charge in [0.2, 0.25) is 0 Å². The molecule has 144 valence electrons. The molecule has 0 aliphatic rings. The highest BCUT2D eigenvalue weighted by Gasteiger charge is 2.15. The molecule has 25 heavy (non-hydrogen) atoms. The zero-order valence-corrected chi connectivity index (χ0v) is 16.4. The first kappa shape index (κ1) is 22.0. The lowest BCUT2D eigenvalue weighted by atomic mass is 10.0.